The highest BCUT2D eigenvalue weighted by Gasteiger charge is 2.34. The quantitative estimate of drug-likeness (QED) is 0.815. The summed E-state index contributed by atoms with van der Waals surface area (Å²) in [5, 5.41) is 5.43. The predicted molar refractivity (Wildman–Crippen MR) is 99.8 cm³/mol. The Balaban J connectivity index is 1.48. The van der Waals surface area contributed by atoms with E-state index in [2.05, 4.69) is 10.6 Å². The first kappa shape index (κ1) is 18.7. The molecule has 27 heavy (non-hydrogen) atoms. The minimum absolute atomic E-state index is 0.0913. The number of hydrogen-bond donors (Lipinski definition) is 2. The number of amides is 3. The molecule has 0 radical (unpaired) electrons. The number of rotatable bonds is 6. The molecule has 0 spiro atoms. The normalized spacial score (nSPS) is 16.4. The molecule has 1 atom stereocenters. The number of carbonyl (C=O) groups excluding carboxylic acids is 3. The van der Waals surface area contributed by atoms with Gasteiger partial charge < -0.3 is 20.0 Å². The van der Waals surface area contributed by atoms with Crippen LogP contribution >= 0.6 is 0 Å². The van der Waals surface area contributed by atoms with E-state index in [9.17, 15) is 14.4 Å². The van der Waals surface area contributed by atoms with Crippen LogP contribution in [0.4, 0.5) is 5.69 Å². The van der Waals surface area contributed by atoms with Crippen LogP contribution < -0.4 is 10.6 Å². The summed E-state index contributed by atoms with van der Waals surface area (Å²) in [6, 6.07) is 9.21. The summed E-state index contributed by atoms with van der Waals surface area (Å²) in [6.07, 6.45) is 1.69. The lowest BCUT2D eigenvalue weighted by atomic mass is 10.1. The van der Waals surface area contributed by atoms with Crippen LogP contribution in [0.5, 0.6) is 0 Å². The molecule has 0 saturated carbocycles. The largest absolute Gasteiger partial charge is 0.467 e. The maximum Gasteiger partial charge on any atom is 0.243 e. The highest BCUT2D eigenvalue weighted by molar-refractivity contribution is 5.96. The molecule has 3 amide bonds. The predicted octanol–water partition coefficient (Wildman–Crippen LogP) is 2.00. The second-order valence-electron chi connectivity index (χ2n) is 6.77. The molecule has 1 aromatic carbocycles. The van der Waals surface area contributed by atoms with Gasteiger partial charge in [0, 0.05) is 18.7 Å². The lowest BCUT2D eigenvalue weighted by Crippen LogP contribution is -2.37. The van der Waals surface area contributed by atoms with Gasteiger partial charge in [0.2, 0.25) is 17.7 Å². The molecule has 0 bridgehead atoms. The SMILES string of the molecule is Cc1cccc(NC(=O)CNC(=O)C2CC(=O)N(Cc3ccco3)C2)c1C. The van der Waals surface area contributed by atoms with E-state index in [0.717, 1.165) is 16.8 Å². The molecule has 1 unspecified atom stereocenters. The van der Waals surface area contributed by atoms with Crippen molar-refractivity contribution in [3.63, 3.8) is 0 Å². The lowest BCUT2D eigenvalue weighted by Gasteiger charge is -2.15. The smallest absolute Gasteiger partial charge is 0.243 e. The second kappa shape index (κ2) is 8.07. The number of hydrogen-bond acceptors (Lipinski definition) is 4. The van der Waals surface area contributed by atoms with Crippen LogP contribution in [0.1, 0.15) is 23.3 Å². The van der Waals surface area contributed by atoms with Crippen LogP contribution in [0.3, 0.4) is 0 Å². The maximum absolute atomic E-state index is 12.3. The van der Waals surface area contributed by atoms with Crippen molar-refractivity contribution in [2.75, 3.05) is 18.4 Å². The van der Waals surface area contributed by atoms with Crippen LogP contribution in [0.25, 0.3) is 0 Å². The van der Waals surface area contributed by atoms with Gasteiger partial charge in [-0.25, -0.2) is 0 Å². The molecule has 2 N–H and O–H groups in total. The van der Waals surface area contributed by atoms with E-state index in [4.69, 9.17) is 4.42 Å². The number of benzene rings is 1. The summed E-state index contributed by atoms with van der Waals surface area (Å²) in [6.45, 7) is 4.45. The van der Waals surface area contributed by atoms with Crippen molar-refractivity contribution in [1.29, 1.82) is 0 Å². The van der Waals surface area contributed by atoms with Crippen molar-refractivity contribution < 1.29 is 18.8 Å². The van der Waals surface area contributed by atoms with E-state index in [1.54, 1.807) is 23.3 Å². The molecular weight excluding hydrogens is 346 g/mol. The van der Waals surface area contributed by atoms with E-state index >= 15 is 0 Å². The van der Waals surface area contributed by atoms with Gasteiger partial charge in [0.05, 0.1) is 25.3 Å². The molecule has 142 valence electrons. The topological polar surface area (TPSA) is 91.7 Å². The Morgan fingerprint density at radius 3 is 2.78 bits per heavy atom. The molecule has 1 aliphatic rings. The Hall–Kier alpha value is -3.09. The van der Waals surface area contributed by atoms with Gasteiger partial charge in [0.1, 0.15) is 5.76 Å². The lowest BCUT2D eigenvalue weighted by molar-refractivity contribution is -0.129. The number of nitrogens with zero attached hydrogens (tertiary/aromatic N) is 1. The molecule has 2 aromatic rings. The van der Waals surface area contributed by atoms with Gasteiger partial charge in [0.25, 0.3) is 0 Å². The molecule has 3 rings (SSSR count). The Kier molecular flexibility index (Phi) is 5.59. The van der Waals surface area contributed by atoms with Gasteiger partial charge >= 0.3 is 0 Å². The van der Waals surface area contributed by atoms with Crippen molar-refractivity contribution in [3.8, 4) is 0 Å². The van der Waals surface area contributed by atoms with Crippen LogP contribution in [-0.2, 0) is 20.9 Å². The van der Waals surface area contributed by atoms with E-state index < -0.39 is 5.92 Å². The summed E-state index contributed by atoms with van der Waals surface area (Å²) < 4.78 is 5.25. The van der Waals surface area contributed by atoms with Crippen molar-refractivity contribution in [1.82, 2.24) is 10.2 Å². The first-order valence-corrected chi connectivity index (χ1v) is 8.88. The molecule has 7 nitrogen and oxygen atoms in total. The zero-order chi connectivity index (χ0) is 19.4. The van der Waals surface area contributed by atoms with Crippen molar-refractivity contribution in [2.45, 2.75) is 26.8 Å². The van der Waals surface area contributed by atoms with Crippen LogP contribution in [0.2, 0.25) is 0 Å². The number of nitrogens with one attached hydrogen (secondary N) is 2. The van der Waals surface area contributed by atoms with Gasteiger partial charge in [-0.3, -0.25) is 14.4 Å². The zero-order valence-electron chi connectivity index (χ0n) is 15.5. The third-order valence-corrected chi connectivity index (χ3v) is 4.81. The molecule has 7 heteroatoms. The molecular formula is C20H23N3O4. The fraction of sp³-hybridized carbons (Fsp3) is 0.350. The van der Waals surface area contributed by atoms with E-state index in [1.165, 1.54) is 0 Å². The van der Waals surface area contributed by atoms with Gasteiger partial charge in [-0.2, -0.15) is 0 Å². The fourth-order valence-electron chi connectivity index (χ4n) is 3.08. The number of furan rings is 1. The molecule has 1 saturated heterocycles. The average molecular weight is 369 g/mol. The van der Waals surface area contributed by atoms with Gasteiger partial charge in [-0.05, 0) is 43.2 Å². The maximum atomic E-state index is 12.3. The van der Waals surface area contributed by atoms with E-state index in [1.807, 2.05) is 32.0 Å². The van der Waals surface area contributed by atoms with Crippen molar-refractivity contribution in [2.24, 2.45) is 5.92 Å². The minimum Gasteiger partial charge on any atom is -0.467 e. The fourth-order valence-corrected chi connectivity index (χ4v) is 3.08. The summed E-state index contributed by atoms with van der Waals surface area (Å²) in [4.78, 5) is 38.1. The van der Waals surface area contributed by atoms with Gasteiger partial charge in [0.15, 0.2) is 0 Å². The molecule has 1 aliphatic heterocycles. The number of likely N-dealkylation sites (tertiary alicyclic amines) is 1. The standard InChI is InChI=1S/C20H23N3O4/c1-13-5-3-7-17(14(13)2)22-18(24)10-21-20(26)15-9-19(25)23(11-15)12-16-6-4-8-27-16/h3-8,15H,9-12H2,1-2H3,(H,21,26)(H,22,24). The monoisotopic (exact) mass is 369 g/mol. The van der Waals surface area contributed by atoms with Crippen LogP contribution in [-0.4, -0.2) is 35.7 Å². The first-order chi connectivity index (χ1) is 12.9. The Morgan fingerprint density at radius 2 is 2.04 bits per heavy atom. The Bertz CT molecular complexity index is 845. The molecule has 1 fully saturated rings. The molecule has 1 aromatic heterocycles. The summed E-state index contributed by atoms with van der Waals surface area (Å²) in [5.41, 5.74) is 2.81. The van der Waals surface area contributed by atoms with E-state index in [0.29, 0.717) is 18.8 Å². The minimum atomic E-state index is -0.457. The number of anilines is 1. The summed E-state index contributed by atoms with van der Waals surface area (Å²) >= 11 is 0. The Morgan fingerprint density at radius 1 is 1.22 bits per heavy atom. The summed E-state index contributed by atoms with van der Waals surface area (Å²) in [5.74, 6) is -0.458. The summed E-state index contributed by atoms with van der Waals surface area (Å²) in [7, 11) is 0. The average Bonchev–Trinajstić information content (AvgIpc) is 3.27. The third-order valence-electron chi connectivity index (χ3n) is 4.81. The van der Waals surface area contributed by atoms with Crippen molar-refractivity contribution in [3.05, 3.63) is 53.5 Å². The number of aryl methyl sites for hydroxylation is 1. The highest BCUT2D eigenvalue weighted by atomic mass is 16.3. The van der Waals surface area contributed by atoms with E-state index in [-0.39, 0.29) is 30.7 Å². The van der Waals surface area contributed by atoms with Gasteiger partial charge in [-0.1, -0.05) is 12.1 Å². The Labute approximate surface area is 157 Å². The van der Waals surface area contributed by atoms with Gasteiger partial charge in [-0.15, -0.1) is 0 Å². The highest BCUT2D eigenvalue weighted by Crippen LogP contribution is 2.21. The zero-order valence-corrected chi connectivity index (χ0v) is 15.5. The number of carbonyl (C=O) groups is 3. The van der Waals surface area contributed by atoms with Crippen LogP contribution in [0.15, 0.2) is 41.0 Å². The molecule has 0 aliphatic carbocycles. The van der Waals surface area contributed by atoms with Crippen LogP contribution in [0, 0.1) is 19.8 Å². The molecule has 2 heterocycles. The third kappa shape index (κ3) is 4.55. The van der Waals surface area contributed by atoms with Crippen molar-refractivity contribution >= 4 is 23.4 Å². The first-order valence-electron chi connectivity index (χ1n) is 8.88. The second-order valence-corrected chi connectivity index (χ2v) is 6.77.